The molecule has 4 nitrogen and oxygen atoms in total. The summed E-state index contributed by atoms with van der Waals surface area (Å²) in [6.07, 6.45) is 3.65. The molecule has 1 aliphatic rings. The predicted octanol–water partition coefficient (Wildman–Crippen LogP) is 0.431. The van der Waals surface area contributed by atoms with Crippen molar-refractivity contribution in [2.45, 2.75) is 12.8 Å². The largest absolute Gasteiger partial charge is 0.369 e. The van der Waals surface area contributed by atoms with Gasteiger partial charge in [0.15, 0.2) is 0 Å². The maximum absolute atomic E-state index is 11.0. The molecule has 86 valence electrons. The molecule has 1 unspecified atom stereocenters. The van der Waals surface area contributed by atoms with Crippen LogP contribution in [0.2, 0.25) is 0 Å². The quantitative estimate of drug-likeness (QED) is 0.799. The van der Waals surface area contributed by atoms with Crippen LogP contribution in [-0.2, 0) is 11.2 Å². The number of pyridine rings is 1. The summed E-state index contributed by atoms with van der Waals surface area (Å²) in [5.41, 5.74) is 6.39. The molecule has 2 heterocycles. The zero-order valence-electron chi connectivity index (χ0n) is 9.30. The van der Waals surface area contributed by atoms with Crippen LogP contribution < -0.4 is 5.73 Å². The summed E-state index contributed by atoms with van der Waals surface area (Å²) in [5.74, 6) is -0.121. The second-order valence-corrected chi connectivity index (χ2v) is 4.26. The minimum atomic E-state index is -0.166. The van der Waals surface area contributed by atoms with E-state index in [0.29, 0.717) is 0 Å². The van der Waals surface area contributed by atoms with E-state index < -0.39 is 0 Å². The van der Waals surface area contributed by atoms with Gasteiger partial charge in [0.25, 0.3) is 0 Å². The number of carbonyl (C=O) groups is 1. The van der Waals surface area contributed by atoms with E-state index in [-0.39, 0.29) is 11.8 Å². The summed E-state index contributed by atoms with van der Waals surface area (Å²) in [5, 5.41) is 0. The van der Waals surface area contributed by atoms with Crippen LogP contribution in [0.5, 0.6) is 0 Å². The van der Waals surface area contributed by atoms with Gasteiger partial charge in [-0.2, -0.15) is 0 Å². The third-order valence-corrected chi connectivity index (χ3v) is 3.09. The molecule has 0 aromatic carbocycles. The summed E-state index contributed by atoms with van der Waals surface area (Å²) >= 11 is 0. The van der Waals surface area contributed by atoms with Crippen LogP contribution in [0.15, 0.2) is 24.4 Å². The first-order chi connectivity index (χ1) is 7.75. The maximum atomic E-state index is 11.0. The fourth-order valence-corrected chi connectivity index (χ4v) is 2.09. The van der Waals surface area contributed by atoms with Crippen LogP contribution in [0.3, 0.4) is 0 Å². The highest BCUT2D eigenvalue weighted by atomic mass is 16.1. The number of primary amides is 1. The van der Waals surface area contributed by atoms with Gasteiger partial charge in [-0.25, -0.2) is 0 Å². The first-order valence-electron chi connectivity index (χ1n) is 5.67. The highest BCUT2D eigenvalue weighted by molar-refractivity contribution is 5.77. The molecule has 1 fully saturated rings. The van der Waals surface area contributed by atoms with E-state index in [1.807, 2.05) is 24.4 Å². The van der Waals surface area contributed by atoms with Crippen molar-refractivity contribution in [1.29, 1.82) is 0 Å². The number of hydrogen-bond donors (Lipinski definition) is 1. The van der Waals surface area contributed by atoms with Crippen LogP contribution >= 0.6 is 0 Å². The van der Waals surface area contributed by atoms with E-state index in [4.69, 9.17) is 5.73 Å². The van der Waals surface area contributed by atoms with E-state index in [1.54, 1.807) is 0 Å². The second kappa shape index (κ2) is 5.07. The summed E-state index contributed by atoms with van der Waals surface area (Å²) in [4.78, 5) is 17.6. The molecule has 1 aliphatic heterocycles. The van der Waals surface area contributed by atoms with Crippen molar-refractivity contribution < 1.29 is 4.79 Å². The van der Waals surface area contributed by atoms with Gasteiger partial charge in [-0.15, -0.1) is 0 Å². The summed E-state index contributed by atoms with van der Waals surface area (Å²) in [6, 6.07) is 5.95. The number of nitrogens with two attached hydrogens (primary N) is 1. The Morgan fingerprint density at radius 2 is 2.44 bits per heavy atom. The third-order valence-electron chi connectivity index (χ3n) is 3.09. The molecule has 2 rings (SSSR count). The molecular weight excluding hydrogens is 202 g/mol. The van der Waals surface area contributed by atoms with E-state index in [2.05, 4.69) is 9.88 Å². The lowest BCUT2D eigenvalue weighted by molar-refractivity contribution is -0.121. The Kier molecular flexibility index (Phi) is 3.51. The van der Waals surface area contributed by atoms with Crippen LogP contribution in [0, 0.1) is 5.92 Å². The number of likely N-dealkylation sites (tertiary alicyclic amines) is 1. The molecule has 1 aromatic heterocycles. The van der Waals surface area contributed by atoms with E-state index >= 15 is 0 Å². The fraction of sp³-hybridized carbons (Fsp3) is 0.500. The first-order valence-corrected chi connectivity index (χ1v) is 5.67. The zero-order chi connectivity index (χ0) is 11.4. The number of nitrogens with zero attached hydrogens (tertiary/aromatic N) is 2. The van der Waals surface area contributed by atoms with Gasteiger partial charge in [-0.3, -0.25) is 9.78 Å². The molecule has 0 radical (unpaired) electrons. The Bertz CT molecular complexity index is 353. The predicted molar refractivity (Wildman–Crippen MR) is 61.7 cm³/mol. The maximum Gasteiger partial charge on any atom is 0.221 e. The zero-order valence-corrected chi connectivity index (χ0v) is 9.30. The molecule has 16 heavy (non-hydrogen) atoms. The van der Waals surface area contributed by atoms with Crippen molar-refractivity contribution in [3.8, 4) is 0 Å². The number of rotatable bonds is 4. The molecule has 1 atom stereocenters. The summed E-state index contributed by atoms with van der Waals surface area (Å²) in [7, 11) is 0. The Morgan fingerprint density at radius 3 is 3.06 bits per heavy atom. The number of hydrogen-bond acceptors (Lipinski definition) is 3. The van der Waals surface area contributed by atoms with Crippen LogP contribution in [-0.4, -0.2) is 35.4 Å². The fourth-order valence-electron chi connectivity index (χ4n) is 2.09. The topological polar surface area (TPSA) is 59.2 Å². The standard InChI is InChI=1S/C12H17N3O/c13-12(16)10-4-7-15(9-10)8-5-11-3-1-2-6-14-11/h1-3,6,10H,4-5,7-9H2,(H2,13,16). The van der Waals surface area contributed by atoms with Crippen molar-refractivity contribution in [2.75, 3.05) is 19.6 Å². The number of carbonyl (C=O) groups excluding carboxylic acids is 1. The summed E-state index contributed by atoms with van der Waals surface area (Å²) < 4.78 is 0. The summed E-state index contributed by atoms with van der Waals surface area (Å²) in [6.45, 7) is 2.74. The Hall–Kier alpha value is -1.42. The van der Waals surface area contributed by atoms with E-state index in [9.17, 15) is 4.79 Å². The highest BCUT2D eigenvalue weighted by Crippen LogP contribution is 2.15. The van der Waals surface area contributed by atoms with Crippen LogP contribution in [0.1, 0.15) is 12.1 Å². The van der Waals surface area contributed by atoms with Gasteiger partial charge in [-0.05, 0) is 25.1 Å². The average Bonchev–Trinajstić information content (AvgIpc) is 2.76. The van der Waals surface area contributed by atoms with E-state index in [0.717, 1.165) is 38.2 Å². The highest BCUT2D eigenvalue weighted by Gasteiger charge is 2.25. The SMILES string of the molecule is NC(=O)C1CCN(CCc2ccccn2)C1. The molecule has 0 spiro atoms. The molecule has 4 heteroatoms. The lowest BCUT2D eigenvalue weighted by Crippen LogP contribution is -2.28. The van der Waals surface area contributed by atoms with Crippen molar-refractivity contribution in [2.24, 2.45) is 11.7 Å². The lowest BCUT2D eigenvalue weighted by Gasteiger charge is -2.14. The molecule has 0 aliphatic carbocycles. The van der Waals surface area contributed by atoms with Crippen molar-refractivity contribution in [3.63, 3.8) is 0 Å². The van der Waals surface area contributed by atoms with Crippen molar-refractivity contribution >= 4 is 5.91 Å². The molecule has 0 saturated carbocycles. The smallest absolute Gasteiger partial charge is 0.221 e. The Labute approximate surface area is 95.5 Å². The molecule has 0 bridgehead atoms. The minimum Gasteiger partial charge on any atom is -0.369 e. The number of amides is 1. The normalized spacial score (nSPS) is 21.1. The van der Waals surface area contributed by atoms with Crippen molar-refractivity contribution in [3.05, 3.63) is 30.1 Å². The monoisotopic (exact) mass is 219 g/mol. The molecule has 1 amide bonds. The Balaban J connectivity index is 1.78. The molecule has 2 N–H and O–H groups in total. The second-order valence-electron chi connectivity index (χ2n) is 4.26. The van der Waals surface area contributed by atoms with Gasteiger partial charge >= 0.3 is 0 Å². The van der Waals surface area contributed by atoms with Gasteiger partial charge in [0.05, 0.1) is 5.92 Å². The number of aromatic nitrogens is 1. The Morgan fingerprint density at radius 1 is 1.56 bits per heavy atom. The lowest BCUT2D eigenvalue weighted by atomic mass is 10.1. The van der Waals surface area contributed by atoms with Crippen LogP contribution in [0.25, 0.3) is 0 Å². The van der Waals surface area contributed by atoms with Gasteiger partial charge in [0.1, 0.15) is 0 Å². The van der Waals surface area contributed by atoms with Crippen LogP contribution in [0.4, 0.5) is 0 Å². The van der Waals surface area contributed by atoms with E-state index in [1.165, 1.54) is 0 Å². The third kappa shape index (κ3) is 2.79. The van der Waals surface area contributed by atoms with Gasteiger partial charge in [0, 0.05) is 31.4 Å². The van der Waals surface area contributed by atoms with Gasteiger partial charge in [0.2, 0.25) is 5.91 Å². The average molecular weight is 219 g/mol. The van der Waals surface area contributed by atoms with Gasteiger partial charge < -0.3 is 10.6 Å². The molecule has 1 aromatic rings. The first kappa shape index (κ1) is 11.1. The van der Waals surface area contributed by atoms with Gasteiger partial charge in [-0.1, -0.05) is 6.07 Å². The minimum absolute atomic E-state index is 0.0451. The molecule has 1 saturated heterocycles. The van der Waals surface area contributed by atoms with Crippen molar-refractivity contribution in [1.82, 2.24) is 9.88 Å². The molecular formula is C12H17N3O.